The number of nitrogen functional groups attached to an aromatic ring is 1. The van der Waals surface area contributed by atoms with Gasteiger partial charge in [0.25, 0.3) is 30.4 Å². The van der Waals surface area contributed by atoms with Crippen LogP contribution in [0.15, 0.2) is 124 Å². The molecule has 0 radical (unpaired) electrons. The minimum Gasteiger partial charge on any atom is -0.397 e. The Morgan fingerprint density at radius 3 is 1.29 bits per heavy atom. The molecule has 5 rings (SSSR count). The van der Waals surface area contributed by atoms with Crippen molar-refractivity contribution in [3.05, 3.63) is 131 Å². The molecule has 0 spiro atoms. The van der Waals surface area contributed by atoms with Crippen molar-refractivity contribution >= 4 is 58.8 Å². The van der Waals surface area contributed by atoms with Gasteiger partial charge in [0.1, 0.15) is 20.3 Å². The number of hydrogen-bond donors (Lipinski definition) is 7. The predicted molar refractivity (Wildman–Crippen MR) is 179 cm³/mol. The van der Waals surface area contributed by atoms with Crippen molar-refractivity contribution in [3.63, 3.8) is 0 Å². The second-order valence-electron chi connectivity index (χ2n) is 10.7. The summed E-state index contributed by atoms with van der Waals surface area (Å²) in [7, 11) is -13.9. The molecule has 0 aliphatic carbocycles. The topological polar surface area (TPSA) is 233 Å². The molecule has 0 fully saturated rings. The van der Waals surface area contributed by atoms with Crippen molar-refractivity contribution in [2.24, 2.45) is 0 Å². The van der Waals surface area contributed by atoms with Gasteiger partial charge < -0.3 is 21.5 Å². The smallest absolute Gasteiger partial charge is 0.296 e. The summed E-state index contributed by atoms with van der Waals surface area (Å²) in [4.78, 5) is -1.32. The number of anilines is 5. The molecule has 0 saturated heterocycles. The first kappa shape index (κ1) is 34.5. The van der Waals surface area contributed by atoms with Gasteiger partial charge in [-0.1, -0.05) is 54.6 Å². The minimum atomic E-state index is -4.81. The van der Waals surface area contributed by atoms with Crippen LogP contribution >= 0.6 is 0 Å². The Balaban J connectivity index is 1.61. The van der Waals surface area contributed by atoms with Gasteiger partial charge >= 0.3 is 0 Å². The Morgan fingerprint density at radius 1 is 0.542 bits per heavy atom. The summed E-state index contributed by atoms with van der Waals surface area (Å²) in [6.45, 7) is 1.51. The SMILES string of the molecule is Cc1cc(C(O)(c2ccc(Nc3ccccc3S(=O)(=O)O)cc2)c2ccc(Nc3ccccc3S(=O)(=O)O)cc2)cc(S(=O)(=O)O)c1N. The van der Waals surface area contributed by atoms with E-state index in [-0.39, 0.29) is 49.1 Å². The van der Waals surface area contributed by atoms with Gasteiger partial charge in [0, 0.05) is 11.4 Å². The average Bonchev–Trinajstić information content (AvgIpc) is 3.01. The zero-order chi connectivity index (χ0) is 35.1. The molecule has 16 heteroatoms. The fourth-order valence-electron chi connectivity index (χ4n) is 5.18. The van der Waals surface area contributed by atoms with E-state index in [1.54, 1.807) is 12.1 Å². The molecular formula is C32H29N3O10S3. The van der Waals surface area contributed by atoms with Crippen LogP contribution in [0, 0.1) is 6.92 Å². The fraction of sp³-hybridized carbons (Fsp3) is 0.0625. The van der Waals surface area contributed by atoms with E-state index in [2.05, 4.69) is 10.6 Å². The summed E-state index contributed by atoms with van der Waals surface area (Å²) < 4.78 is 101. The Bertz CT molecular complexity index is 2230. The first-order chi connectivity index (χ1) is 22.4. The van der Waals surface area contributed by atoms with Crippen LogP contribution in [-0.4, -0.2) is 44.0 Å². The second-order valence-corrected chi connectivity index (χ2v) is 14.9. The molecule has 48 heavy (non-hydrogen) atoms. The maximum atomic E-state index is 12.5. The van der Waals surface area contributed by atoms with Gasteiger partial charge in [0.2, 0.25) is 0 Å². The number of aliphatic hydroxyl groups is 1. The van der Waals surface area contributed by atoms with E-state index in [1.807, 2.05) is 0 Å². The highest BCUT2D eigenvalue weighted by Crippen LogP contribution is 2.41. The third kappa shape index (κ3) is 7.04. The Labute approximate surface area is 277 Å². The van der Waals surface area contributed by atoms with E-state index in [0.29, 0.717) is 11.4 Å². The highest BCUT2D eigenvalue weighted by molar-refractivity contribution is 7.86. The molecule has 0 aliphatic heterocycles. The van der Waals surface area contributed by atoms with E-state index in [9.17, 15) is 44.0 Å². The fourth-order valence-corrected chi connectivity index (χ4v) is 7.19. The number of para-hydroxylation sites is 2. The summed E-state index contributed by atoms with van der Waals surface area (Å²) in [6, 6.07) is 26.0. The highest BCUT2D eigenvalue weighted by atomic mass is 32.2. The van der Waals surface area contributed by atoms with Gasteiger partial charge in [-0.2, -0.15) is 25.3 Å². The molecule has 8 N–H and O–H groups in total. The molecule has 0 saturated carbocycles. The molecule has 0 aromatic heterocycles. The lowest BCUT2D eigenvalue weighted by Gasteiger charge is -2.31. The van der Waals surface area contributed by atoms with Crippen molar-refractivity contribution in [2.75, 3.05) is 16.4 Å². The molecular weight excluding hydrogens is 683 g/mol. The number of aryl methyl sites for hydroxylation is 1. The number of nitrogens with one attached hydrogen (secondary N) is 2. The standard InChI is InChI=1S/C32H29N3O10S3/c1-20-18-23(19-30(31(20)33)48(43,44)45)32(36,21-10-14-24(15-11-21)34-26-6-2-4-8-28(26)46(37,38)39)22-12-16-25(17-13-22)35-27-7-3-5-9-29(27)47(40,41)42/h2-19,34-36H,33H2,1H3,(H,37,38,39)(H,40,41,42)(H,43,44,45). The van der Waals surface area contributed by atoms with Gasteiger partial charge in [-0.3, -0.25) is 13.7 Å². The van der Waals surface area contributed by atoms with Gasteiger partial charge in [-0.05, 0) is 83.8 Å². The molecule has 0 heterocycles. The van der Waals surface area contributed by atoms with Gasteiger partial charge in [-0.25, -0.2) is 0 Å². The lowest BCUT2D eigenvalue weighted by Crippen LogP contribution is -2.29. The summed E-state index contributed by atoms with van der Waals surface area (Å²) in [6.07, 6.45) is 0. The summed E-state index contributed by atoms with van der Waals surface area (Å²) >= 11 is 0. The molecule has 0 unspecified atom stereocenters. The van der Waals surface area contributed by atoms with E-state index < -0.39 is 40.9 Å². The van der Waals surface area contributed by atoms with Crippen LogP contribution in [0.25, 0.3) is 0 Å². The van der Waals surface area contributed by atoms with Gasteiger partial charge in [-0.15, -0.1) is 0 Å². The molecule has 250 valence electrons. The van der Waals surface area contributed by atoms with Crippen LogP contribution in [0.4, 0.5) is 28.4 Å². The third-order valence-electron chi connectivity index (χ3n) is 7.54. The number of benzene rings is 5. The van der Waals surface area contributed by atoms with Crippen molar-refractivity contribution in [3.8, 4) is 0 Å². The van der Waals surface area contributed by atoms with Crippen molar-refractivity contribution in [2.45, 2.75) is 27.2 Å². The van der Waals surface area contributed by atoms with E-state index in [0.717, 1.165) is 6.07 Å². The third-order valence-corrected chi connectivity index (χ3v) is 10.3. The molecule has 0 atom stereocenters. The van der Waals surface area contributed by atoms with Gasteiger partial charge in [0.05, 0.1) is 17.1 Å². The molecule has 0 amide bonds. The summed E-state index contributed by atoms with van der Waals surface area (Å²) in [5.74, 6) is 0. The van der Waals surface area contributed by atoms with Crippen molar-refractivity contribution in [1.29, 1.82) is 0 Å². The van der Waals surface area contributed by atoms with Crippen LogP contribution in [-0.2, 0) is 36.0 Å². The van der Waals surface area contributed by atoms with Crippen LogP contribution in [0.5, 0.6) is 0 Å². The first-order valence-corrected chi connectivity index (χ1v) is 18.2. The lowest BCUT2D eigenvalue weighted by molar-refractivity contribution is 0.125. The molecule has 13 nitrogen and oxygen atoms in total. The largest absolute Gasteiger partial charge is 0.397 e. The maximum Gasteiger partial charge on any atom is 0.296 e. The number of hydrogen-bond acceptors (Lipinski definition) is 10. The monoisotopic (exact) mass is 711 g/mol. The van der Waals surface area contributed by atoms with Crippen molar-refractivity contribution < 1.29 is 44.0 Å². The van der Waals surface area contributed by atoms with E-state index in [1.165, 1.54) is 97.9 Å². The summed E-state index contributed by atoms with van der Waals surface area (Å²) in [5.41, 5.74) is 5.34. The van der Waals surface area contributed by atoms with Crippen LogP contribution in [0.2, 0.25) is 0 Å². The minimum absolute atomic E-state index is 0.0247. The number of nitrogens with two attached hydrogens (primary N) is 1. The molecule has 5 aromatic carbocycles. The van der Waals surface area contributed by atoms with Crippen molar-refractivity contribution in [1.82, 2.24) is 0 Å². The molecule has 5 aromatic rings. The summed E-state index contributed by atoms with van der Waals surface area (Å²) in [5, 5.41) is 18.3. The van der Waals surface area contributed by atoms with E-state index in [4.69, 9.17) is 5.73 Å². The quantitative estimate of drug-likeness (QED) is 0.0569. The maximum absolute atomic E-state index is 12.5. The van der Waals surface area contributed by atoms with Gasteiger partial charge in [0.15, 0.2) is 0 Å². The van der Waals surface area contributed by atoms with Crippen LogP contribution in [0.1, 0.15) is 22.3 Å². The first-order valence-electron chi connectivity index (χ1n) is 13.9. The molecule has 0 aliphatic rings. The van der Waals surface area contributed by atoms with Crippen LogP contribution in [0.3, 0.4) is 0 Å². The molecule has 0 bridgehead atoms. The van der Waals surface area contributed by atoms with E-state index >= 15 is 0 Å². The zero-order valence-corrected chi connectivity index (χ0v) is 27.4. The Kier molecular flexibility index (Phi) is 9.11. The Hall–Kier alpha value is -4.81. The van der Waals surface area contributed by atoms with Crippen LogP contribution < -0.4 is 16.4 Å². The Morgan fingerprint density at radius 2 is 0.917 bits per heavy atom. The second kappa shape index (κ2) is 12.7. The zero-order valence-electron chi connectivity index (χ0n) is 24.9. The predicted octanol–water partition coefficient (Wildman–Crippen LogP) is 5.09. The normalized spacial score (nSPS) is 12.4. The number of rotatable bonds is 10. The highest BCUT2D eigenvalue weighted by Gasteiger charge is 2.36. The average molecular weight is 712 g/mol. The lowest BCUT2D eigenvalue weighted by atomic mass is 9.79.